The lowest BCUT2D eigenvalue weighted by atomic mass is 10.2. The van der Waals surface area contributed by atoms with Crippen LogP contribution in [-0.2, 0) is 9.53 Å². The second kappa shape index (κ2) is 6.05. The molecule has 0 aromatic rings. The Bertz CT molecular complexity index is 209. The van der Waals surface area contributed by atoms with E-state index in [0.717, 1.165) is 19.5 Å². The number of nitrogens with two attached hydrogens (primary N) is 1. The molecule has 1 saturated heterocycles. The first-order chi connectivity index (χ1) is 7.15. The Morgan fingerprint density at radius 3 is 2.87 bits per heavy atom. The summed E-state index contributed by atoms with van der Waals surface area (Å²) in [6, 6.07) is 0.489. The van der Waals surface area contributed by atoms with Crippen LogP contribution in [0.15, 0.2) is 0 Å². The Morgan fingerprint density at radius 1 is 1.60 bits per heavy atom. The zero-order valence-electron chi connectivity index (χ0n) is 9.61. The Morgan fingerprint density at radius 2 is 2.33 bits per heavy atom. The average molecular weight is 215 g/mol. The number of hydrogen-bond acceptors (Lipinski definition) is 4. The van der Waals surface area contributed by atoms with Crippen LogP contribution in [0.4, 0.5) is 0 Å². The van der Waals surface area contributed by atoms with Crippen LogP contribution in [0.3, 0.4) is 0 Å². The van der Waals surface area contributed by atoms with Gasteiger partial charge in [0.1, 0.15) is 6.61 Å². The number of carbonyl (C=O) groups is 1. The van der Waals surface area contributed by atoms with Crippen molar-refractivity contribution in [1.82, 2.24) is 9.80 Å². The zero-order chi connectivity index (χ0) is 11.3. The van der Waals surface area contributed by atoms with Crippen LogP contribution in [0.2, 0.25) is 0 Å². The standard InChI is InChI=1S/C10H21N3O2/c1-12(2)9-3-5-13(7-9)10(14)8-15-6-4-11/h9H,3-8,11H2,1-2H3. The highest BCUT2D eigenvalue weighted by Crippen LogP contribution is 2.12. The third kappa shape index (κ3) is 3.77. The van der Waals surface area contributed by atoms with Gasteiger partial charge in [-0.25, -0.2) is 0 Å². The molecular formula is C10H21N3O2. The van der Waals surface area contributed by atoms with Gasteiger partial charge in [-0.15, -0.1) is 0 Å². The maximum atomic E-state index is 11.6. The number of rotatable bonds is 5. The Balaban J connectivity index is 2.24. The van der Waals surface area contributed by atoms with Gasteiger partial charge in [0.25, 0.3) is 0 Å². The molecule has 0 spiro atoms. The number of likely N-dealkylation sites (N-methyl/N-ethyl adjacent to an activating group) is 1. The summed E-state index contributed by atoms with van der Waals surface area (Å²) in [6.45, 7) is 2.74. The monoisotopic (exact) mass is 215 g/mol. The fourth-order valence-electron chi connectivity index (χ4n) is 1.72. The summed E-state index contributed by atoms with van der Waals surface area (Å²) >= 11 is 0. The molecule has 1 aliphatic heterocycles. The van der Waals surface area contributed by atoms with E-state index >= 15 is 0 Å². The van der Waals surface area contributed by atoms with Crippen molar-refractivity contribution >= 4 is 5.91 Å². The van der Waals surface area contributed by atoms with Crippen LogP contribution in [-0.4, -0.2) is 68.7 Å². The predicted octanol–water partition coefficient (Wildman–Crippen LogP) is -0.876. The van der Waals surface area contributed by atoms with Gasteiger partial charge in [-0.3, -0.25) is 4.79 Å². The van der Waals surface area contributed by atoms with Gasteiger partial charge in [-0.05, 0) is 20.5 Å². The van der Waals surface area contributed by atoms with E-state index in [0.29, 0.717) is 19.2 Å². The Kier molecular flexibility index (Phi) is 5.01. The fraction of sp³-hybridized carbons (Fsp3) is 0.900. The molecule has 5 heteroatoms. The third-order valence-electron chi connectivity index (χ3n) is 2.73. The van der Waals surface area contributed by atoms with Gasteiger partial charge in [0, 0.05) is 25.7 Å². The van der Waals surface area contributed by atoms with E-state index in [1.54, 1.807) is 0 Å². The van der Waals surface area contributed by atoms with Crippen molar-refractivity contribution in [2.45, 2.75) is 12.5 Å². The van der Waals surface area contributed by atoms with Crippen LogP contribution in [0.25, 0.3) is 0 Å². The van der Waals surface area contributed by atoms with Gasteiger partial charge in [-0.2, -0.15) is 0 Å². The summed E-state index contributed by atoms with van der Waals surface area (Å²) in [5, 5.41) is 0. The molecule has 0 saturated carbocycles. The number of nitrogens with zero attached hydrogens (tertiary/aromatic N) is 2. The highest BCUT2D eigenvalue weighted by Gasteiger charge is 2.26. The van der Waals surface area contributed by atoms with Gasteiger partial charge in [0.2, 0.25) is 5.91 Å². The minimum Gasteiger partial charge on any atom is -0.370 e. The molecule has 1 fully saturated rings. The molecule has 1 atom stereocenters. The van der Waals surface area contributed by atoms with E-state index in [2.05, 4.69) is 4.90 Å². The third-order valence-corrected chi connectivity index (χ3v) is 2.73. The molecular weight excluding hydrogens is 194 g/mol. The van der Waals surface area contributed by atoms with Crippen LogP contribution >= 0.6 is 0 Å². The van der Waals surface area contributed by atoms with Crippen molar-refractivity contribution in [2.24, 2.45) is 5.73 Å². The molecule has 2 N–H and O–H groups in total. The number of carbonyl (C=O) groups excluding carboxylic acids is 1. The lowest BCUT2D eigenvalue weighted by molar-refractivity contribution is -0.135. The van der Waals surface area contributed by atoms with Crippen LogP contribution < -0.4 is 5.73 Å². The van der Waals surface area contributed by atoms with Gasteiger partial charge in [0.15, 0.2) is 0 Å². The molecule has 0 radical (unpaired) electrons. The summed E-state index contributed by atoms with van der Waals surface area (Å²) in [6.07, 6.45) is 1.05. The van der Waals surface area contributed by atoms with E-state index in [1.165, 1.54) is 0 Å². The lowest BCUT2D eigenvalue weighted by Gasteiger charge is -2.20. The summed E-state index contributed by atoms with van der Waals surface area (Å²) in [5.74, 6) is 0.0767. The van der Waals surface area contributed by atoms with Crippen molar-refractivity contribution < 1.29 is 9.53 Å². The van der Waals surface area contributed by atoms with E-state index in [4.69, 9.17) is 10.5 Å². The smallest absolute Gasteiger partial charge is 0.248 e. The minimum atomic E-state index is 0.0767. The van der Waals surface area contributed by atoms with Crippen molar-refractivity contribution in [2.75, 3.05) is 46.9 Å². The van der Waals surface area contributed by atoms with Crippen LogP contribution in [0.1, 0.15) is 6.42 Å². The lowest BCUT2D eigenvalue weighted by Crippen LogP contribution is -2.36. The van der Waals surface area contributed by atoms with E-state index in [1.807, 2.05) is 19.0 Å². The fourth-order valence-corrected chi connectivity index (χ4v) is 1.72. The number of ether oxygens (including phenoxy) is 1. The predicted molar refractivity (Wildman–Crippen MR) is 58.5 cm³/mol. The first kappa shape index (κ1) is 12.4. The van der Waals surface area contributed by atoms with Crippen molar-refractivity contribution in [3.8, 4) is 0 Å². The zero-order valence-corrected chi connectivity index (χ0v) is 9.61. The summed E-state index contributed by atoms with van der Waals surface area (Å²) in [4.78, 5) is 15.7. The molecule has 1 rings (SSSR count). The van der Waals surface area contributed by atoms with E-state index in [-0.39, 0.29) is 12.5 Å². The molecule has 1 amide bonds. The number of amides is 1. The molecule has 0 bridgehead atoms. The first-order valence-corrected chi connectivity index (χ1v) is 5.37. The summed E-state index contributed by atoms with van der Waals surface area (Å²) in [5.41, 5.74) is 5.27. The SMILES string of the molecule is CN(C)C1CCN(C(=O)COCCN)C1. The van der Waals surface area contributed by atoms with Gasteiger partial charge < -0.3 is 20.3 Å². The van der Waals surface area contributed by atoms with Crippen LogP contribution in [0.5, 0.6) is 0 Å². The summed E-state index contributed by atoms with van der Waals surface area (Å²) < 4.78 is 5.12. The highest BCUT2D eigenvalue weighted by molar-refractivity contribution is 5.77. The minimum absolute atomic E-state index is 0.0767. The molecule has 1 unspecified atom stereocenters. The van der Waals surface area contributed by atoms with Crippen molar-refractivity contribution in [3.63, 3.8) is 0 Å². The van der Waals surface area contributed by atoms with Crippen LogP contribution in [0, 0.1) is 0 Å². The largest absolute Gasteiger partial charge is 0.370 e. The average Bonchev–Trinajstić information content (AvgIpc) is 2.66. The molecule has 1 heterocycles. The molecule has 88 valence electrons. The molecule has 1 aliphatic rings. The maximum Gasteiger partial charge on any atom is 0.248 e. The molecule has 15 heavy (non-hydrogen) atoms. The maximum absolute atomic E-state index is 11.6. The van der Waals surface area contributed by atoms with Crippen molar-refractivity contribution in [1.29, 1.82) is 0 Å². The molecule has 0 aromatic carbocycles. The Hall–Kier alpha value is -0.650. The van der Waals surface area contributed by atoms with Crippen molar-refractivity contribution in [3.05, 3.63) is 0 Å². The number of hydrogen-bond donors (Lipinski definition) is 1. The second-order valence-electron chi connectivity index (χ2n) is 4.09. The van der Waals surface area contributed by atoms with E-state index < -0.39 is 0 Å². The molecule has 0 aliphatic carbocycles. The normalized spacial score (nSPS) is 21.3. The number of likely N-dealkylation sites (tertiary alicyclic amines) is 1. The highest BCUT2D eigenvalue weighted by atomic mass is 16.5. The van der Waals surface area contributed by atoms with Gasteiger partial charge in [-0.1, -0.05) is 0 Å². The van der Waals surface area contributed by atoms with Gasteiger partial charge >= 0.3 is 0 Å². The summed E-state index contributed by atoms with van der Waals surface area (Å²) in [7, 11) is 4.09. The second-order valence-corrected chi connectivity index (χ2v) is 4.09. The quantitative estimate of drug-likeness (QED) is 0.605. The molecule has 0 aromatic heterocycles. The van der Waals surface area contributed by atoms with Gasteiger partial charge in [0.05, 0.1) is 6.61 Å². The first-order valence-electron chi connectivity index (χ1n) is 5.37. The topological polar surface area (TPSA) is 58.8 Å². The Labute approximate surface area is 91.2 Å². The molecule has 5 nitrogen and oxygen atoms in total. The van der Waals surface area contributed by atoms with E-state index in [9.17, 15) is 4.79 Å².